The highest BCUT2D eigenvalue weighted by Gasteiger charge is 2.68. The van der Waals surface area contributed by atoms with Crippen molar-refractivity contribution in [2.45, 2.75) is 105 Å². The molecular formula is C31H46ClN3O2. The predicted octanol–water partition coefficient (Wildman–Crippen LogP) is 7.31. The fraction of sp³-hybridized carbons (Fsp3) is 0.806. The zero-order valence-corrected chi connectivity index (χ0v) is 24.6. The van der Waals surface area contributed by atoms with Crippen LogP contribution in [0.3, 0.4) is 0 Å². The predicted molar refractivity (Wildman–Crippen MR) is 148 cm³/mol. The maximum Gasteiger partial charge on any atom is 0.306 e. The topological polar surface area (TPSA) is 92.0 Å². The Kier molecular flexibility index (Phi) is 5.28. The highest BCUT2D eigenvalue weighted by molar-refractivity contribution is 6.30. The van der Waals surface area contributed by atoms with E-state index in [9.17, 15) is 9.90 Å². The van der Waals surface area contributed by atoms with Crippen molar-refractivity contribution < 1.29 is 9.90 Å². The van der Waals surface area contributed by atoms with Gasteiger partial charge in [0.1, 0.15) is 5.82 Å². The van der Waals surface area contributed by atoms with Crippen molar-refractivity contribution >= 4 is 23.4 Å². The number of hydrogen-bond acceptors (Lipinski definition) is 3. The molecule has 204 valence electrons. The van der Waals surface area contributed by atoms with E-state index in [-0.39, 0.29) is 44.8 Å². The molecule has 1 heterocycles. The van der Waals surface area contributed by atoms with Gasteiger partial charge in [-0.25, -0.2) is 0 Å². The lowest BCUT2D eigenvalue weighted by atomic mass is 9.34. The molecule has 3 unspecified atom stereocenters. The number of hydrogen-bond donors (Lipinski definition) is 3. The Labute approximate surface area is 227 Å². The Morgan fingerprint density at radius 3 is 2.43 bits per heavy atom. The third-order valence-corrected chi connectivity index (χ3v) is 13.4. The van der Waals surface area contributed by atoms with Crippen LogP contribution in [0.4, 0.5) is 5.82 Å². The standard InChI is InChI=1S/C31H46ClN3O2/c1-27(2)13-17-16(18(14-27)26(36)37)8-10-31(7)23(17)20(32)12-22-29(5)15-19-24(34-35-25(19)33)28(3,4)21(29)9-11-30(22,31)6/h16-18,21-22H,8-15H2,1-7H3,(H,36,37)(H3,33,34,35)/t16-,17?,18+,21?,22?,29-,30+,31+/m0/s1. The summed E-state index contributed by atoms with van der Waals surface area (Å²) in [4.78, 5) is 12.4. The Bertz CT molecular complexity index is 1200. The van der Waals surface area contributed by atoms with Crippen molar-refractivity contribution in [3.8, 4) is 0 Å². The average Bonchev–Trinajstić information content (AvgIpc) is 3.14. The van der Waals surface area contributed by atoms with Crippen LogP contribution in [0.1, 0.15) is 105 Å². The van der Waals surface area contributed by atoms with E-state index in [1.165, 1.54) is 29.7 Å². The van der Waals surface area contributed by atoms with E-state index < -0.39 is 5.97 Å². The summed E-state index contributed by atoms with van der Waals surface area (Å²) >= 11 is 7.47. The number of nitrogens with two attached hydrogens (primary N) is 1. The number of anilines is 1. The molecule has 0 amide bonds. The number of carbonyl (C=O) groups is 1. The lowest BCUT2D eigenvalue weighted by Crippen LogP contribution is -2.64. The summed E-state index contributed by atoms with van der Waals surface area (Å²) in [6, 6.07) is 0. The number of nitrogen functional groups attached to an aromatic ring is 1. The van der Waals surface area contributed by atoms with Crippen LogP contribution < -0.4 is 5.73 Å². The van der Waals surface area contributed by atoms with Gasteiger partial charge in [0.25, 0.3) is 0 Å². The molecule has 37 heavy (non-hydrogen) atoms. The zero-order valence-electron chi connectivity index (χ0n) is 23.8. The number of aliphatic carboxylic acids is 1. The molecule has 8 atom stereocenters. The van der Waals surface area contributed by atoms with Gasteiger partial charge in [-0.1, -0.05) is 60.1 Å². The van der Waals surface area contributed by atoms with Gasteiger partial charge in [-0.05, 0) is 102 Å². The van der Waals surface area contributed by atoms with Crippen LogP contribution in [-0.2, 0) is 16.6 Å². The molecule has 5 aliphatic carbocycles. The number of aromatic amines is 1. The summed E-state index contributed by atoms with van der Waals surface area (Å²) in [6.07, 6.45) is 8.09. The zero-order chi connectivity index (χ0) is 26.9. The molecule has 0 bridgehead atoms. The molecule has 3 fully saturated rings. The number of rotatable bonds is 1. The average molecular weight is 528 g/mol. The molecule has 4 N–H and O–H groups in total. The molecule has 5 aliphatic rings. The largest absolute Gasteiger partial charge is 0.481 e. The van der Waals surface area contributed by atoms with E-state index in [1.807, 2.05) is 0 Å². The lowest BCUT2D eigenvalue weighted by Gasteiger charge is -2.70. The second kappa shape index (κ2) is 7.58. The van der Waals surface area contributed by atoms with Gasteiger partial charge >= 0.3 is 5.97 Å². The molecule has 6 heteroatoms. The number of fused-ring (bicyclic) bond motifs is 8. The van der Waals surface area contributed by atoms with Crippen molar-refractivity contribution in [3.63, 3.8) is 0 Å². The molecule has 1 aromatic rings. The number of aromatic nitrogens is 2. The maximum absolute atomic E-state index is 12.4. The molecular weight excluding hydrogens is 482 g/mol. The molecule has 0 saturated heterocycles. The highest BCUT2D eigenvalue weighted by atomic mass is 35.5. The van der Waals surface area contributed by atoms with Gasteiger partial charge in [-0.15, -0.1) is 0 Å². The summed E-state index contributed by atoms with van der Waals surface area (Å²) in [7, 11) is 0. The molecule has 1 aromatic heterocycles. The Hall–Kier alpha value is -1.49. The van der Waals surface area contributed by atoms with E-state index in [0.717, 1.165) is 43.6 Å². The SMILES string of the molecule is CC1(C)CC2C3=C(Cl)CC4[C@@]5(C)Cc6c(N)n[nH]c6C(C)(C)C5CC[C@@]4(C)[C@]3(C)CC[C@@H]2[C@H](C(=O)O)C1. The number of carboxylic acid groups (broad SMARTS) is 1. The molecule has 0 aromatic carbocycles. The Balaban J connectivity index is 1.48. The highest BCUT2D eigenvalue weighted by Crippen LogP contribution is 2.75. The van der Waals surface area contributed by atoms with Crippen molar-refractivity contribution in [1.82, 2.24) is 10.2 Å². The van der Waals surface area contributed by atoms with Gasteiger partial charge in [-0.3, -0.25) is 9.89 Å². The minimum atomic E-state index is -0.617. The normalized spacial score (nSPS) is 45.7. The minimum Gasteiger partial charge on any atom is -0.481 e. The second-order valence-corrected chi connectivity index (χ2v) is 16.1. The molecule has 6 rings (SSSR count). The van der Waals surface area contributed by atoms with Crippen molar-refractivity contribution in [2.75, 3.05) is 5.73 Å². The summed E-state index contributed by atoms with van der Waals surface area (Å²) in [6.45, 7) is 16.9. The fourth-order valence-electron chi connectivity index (χ4n) is 11.3. The number of nitrogens with zero attached hydrogens (tertiary/aromatic N) is 1. The van der Waals surface area contributed by atoms with Crippen LogP contribution in [0.15, 0.2) is 10.6 Å². The number of allylic oxidation sites excluding steroid dienone is 2. The first-order valence-electron chi connectivity index (χ1n) is 14.5. The maximum atomic E-state index is 12.4. The number of halogens is 1. The Morgan fingerprint density at radius 1 is 1.05 bits per heavy atom. The smallest absolute Gasteiger partial charge is 0.306 e. The lowest BCUT2D eigenvalue weighted by molar-refractivity contribution is -0.163. The van der Waals surface area contributed by atoms with Crippen molar-refractivity contribution in [3.05, 3.63) is 21.9 Å². The number of carboxylic acids is 1. The van der Waals surface area contributed by atoms with Crippen LogP contribution in [0.25, 0.3) is 0 Å². The van der Waals surface area contributed by atoms with Crippen LogP contribution >= 0.6 is 11.6 Å². The van der Waals surface area contributed by atoms with Gasteiger partial charge < -0.3 is 10.8 Å². The van der Waals surface area contributed by atoms with Crippen molar-refractivity contribution in [1.29, 1.82) is 0 Å². The monoisotopic (exact) mass is 527 g/mol. The van der Waals surface area contributed by atoms with Gasteiger partial charge in [0.2, 0.25) is 0 Å². The number of H-pyrrole nitrogens is 1. The van der Waals surface area contributed by atoms with E-state index in [2.05, 4.69) is 58.7 Å². The first kappa shape index (κ1) is 25.8. The Morgan fingerprint density at radius 2 is 1.76 bits per heavy atom. The minimum absolute atomic E-state index is 0.00895. The van der Waals surface area contributed by atoms with Crippen LogP contribution in [0, 0.1) is 51.2 Å². The first-order chi connectivity index (χ1) is 17.1. The molecule has 0 spiro atoms. The quantitative estimate of drug-likeness (QED) is 0.357. The van der Waals surface area contributed by atoms with Gasteiger partial charge in [0.15, 0.2) is 0 Å². The second-order valence-electron chi connectivity index (χ2n) is 15.6. The summed E-state index contributed by atoms with van der Waals surface area (Å²) < 4.78 is 0. The van der Waals surface area contributed by atoms with E-state index in [4.69, 9.17) is 17.3 Å². The van der Waals surface area contributed by atoms with Crippen LogP contribution in [0.2, 0.25) is 0 Å². The third kappa shape index (κ3) is 3.16. The van der Waals surface area contributed by atoms with Crippen LogP contribution in [-0.4, -0.2) is 21.3 Å². The van der Waals surface area contributed by atoms with Gasteiger partial charge in [0, 0.05) is 21.7 Å². The first-order valence-corrected chi connectivity index (χ1v) is 14.9. The third-order valence-electron chi connectivity index (χ3n) is 13.1. The fourth-order valence-corrected chi connectivity index (χ4v) is 11.8. The summed E-state index contributed by atoms with van der Waals surface area (Å²) in [5.74, 6) is 1.23. The van der Waals surface area contributed by atoms with E-state index in [1.54, 1.807) is 0 Å². The molecule has 0 aliphatic heterocycles. The van der Waals surface area contributed by atoms with E-state index in [0.29, 0.717) is 17.7 Å². The molecule has 3 saturated carbocycles. The molecule has 5 nitrogen and oxygen atoms in total. The molecule has 0 radical (unpaired) electrons. The summed E-state index contributed by atoms with van der Waals surface area (Å²) in [5, 5.41) is 19.0. The van der Waals surface area contributed by atoms with Crippen LogP contribution in [0.5, 0.6) is 0 Å². The van der Waals surface area contributed by atoms with Crippen molar-refractivity contribution in [2.24, 2.45) is 51.2 Å². The van der Waals surface area contributed by atoms with Gasteiger partial charge in [-0.2, -0.15) is 5.10 Å². The number of nitrogens with one attached hydrogen (secondary N) is 1. The van der Waals surface area contributed by atoms with Gasteiger partial charge in [0.05, 0.1) is 5.92 Å². The van der Waals surface area contributed by atoms with E-state index >= 15 is 0 Å². The summed E-state index contributed by atoms with van der Waals surface area (Å²) in [5.41, 5.74) is 10.5.